The first-order valence-electron chi connectivity index (χ1n) is 15.2. The van der Waals surface area contributed by atoms with Gasteiger partial charge in [-0.2, -0.15) is 0 Å². The van der Waals surface area contributed by atoms with Gasteiger partial charge in [-0.05, 0) is 47.1 Å². The lowest BCUT2D eigenvalue weighted by molar-refractivity contribution is -0.140. The number of anilines is 1. The second kappa shape index (κ2) is 14.2. The SMILES string of the molecule is CC(C)(C)c1ccc(N(CC(=O)N(Cc2ccccc2)[C@H](Cc2ccccc2)C(=O)NC2CCCCC2)S(C)(=O)=O)cc1. The number of hydrogen-bond donors (Lipinski definition) is 1. The predicted octanol–water partition coefficient (Wildman–Crippen LogP) is 5.84. The molecule has 0 aliphatic heterocycles. The summed E-state index contributed by atoms with van der Waals surface area (Å²) in [6.45, 7) is 6.03. The van der Waals surface area contributed by atoms with Gasteiger partial charge < -0.3 is 10.2 Å². The van der Waals surface area contributed by atoms with Crippen LogP contribution in [0.25, 0.3) is 0 Å². The van der Waals surface area contributed by atoms with Crippen LogP contribution in [0.2, 0.25) is 0 Å². The molecular formula is C35H45N3O4S. The van der Waals surface area contributed by atoms with Gasteiger partial charge in [0.25, 0.3) is 0 Å². The highest BCUT2D eigenvalue weighted by Crippen LogP contribution is 2.27. The van der Waals surface area contributed by atoms with Crippen molar-refractivity contribution in [2.75, 3.05) is 17.1 Å². The van der Waals surface area contributed by atoms with Crippen molar-refractivity contribution in [2.45, 2.75) is 83.3 Å². The largest absolute Gasteiger partial charge is 0.352 e. The number of carbonyl (C=O) groups is 2. The van der Waals surface area contributed by atoms with E-state index in [1.807, 2.05) is 72.8 Å². The van der Waals surface area contributed by atoms with Gasteiger partial charge in [0, 0.05) is 19.0 Å². The van der Waals surface area contributed by atoms with Crippen molar-refractivity contribution in [2.24, 2.45) is 0 Å². The molecule has 0 spiro atoms. The maximum Gasteiger partial charge on any atom is 0.244 e. The van der Waals surface area contributed by atoms with E-state index in [-0.39, 0.29) is 23.9 Å². The average Bonchev–Trinajstić information content (AvgIpc) is 2.98. The zero-order chi connectivity index (χ0) is 31.0. The molecule has 3 aromatic rings. The first-order valence-corrected chi connectivity index (χ1v) is 17.0. The summed E-state index contributed by atoms with van der Waals surface area (Å²) in [5.41, 5.74) is 3.15. The molecular weight excluding hydrogens is 558 g/mol. The van der Waals surface area contributed by atoms with Crippen molar-refractivity contribution in [1.82, 2.24) is 10.2 Å². The van der Waals surface area contributed by atoms with Gasteiger partial charge in [0.05, 0.1) is 11.9 Å². The minimum absolute atomic E-state index is 0.0713. The van der Waals surface area contributed by atoms with Gasteiger partial charge in [0.1, 0.15) is 12.6 Å². The van der Waals surface area contributed by atoms with Crippen LogP contribution in [0, 0.1) is 0 Å². The molecule has 0 aromatic heterocycles. The number of hydrogen-bond acceptors (Lipinski definition) is 4. The number of rotatable bonds is 11. The number of sulfonamides is 1. The normalized spacial score (nSPS) is 15.0. The lowest BCUT2D eigenvalue weighted by atomic mass is 9.87. The van der Waals surface area contributed by atoms with Gasteiger partial charge in [-0.1, -0.05) is 113 Å². The Labute approximate surface area is 257 Å². The lowest BCUT2D eigenvalue weighted by Gasteiger charge is -2.35. The monoisotopic (exact) mass is 603 g/mol. The molecule has 1 atom stereocenters. The number of nitrogens with one attached hydrogen (secondary N) is 1. The highest BCUT2D eigenvalue weighted by Gasteiger charge is 2.34. The summed E-state index contributed by atoms with van der Waals surface area (Å²) in [4.78, 5) is 29.8. The van der Waals surface area contributed by atoms with Gasteiger partial charge in [-0.25, -0.2) is 8.42 Å². The number of nitrogens with zero attached hydrogens (tertiary/aromatic N) is 2. The molecule has 1 N–H and O–H groups in total. The minimum Gasteiger partial charge on any atom is -0.352 e. The predicted molar refractivity (Wildman–Crippen MR) is 173 cm³/mol. The number of amides is 2. The quantitative estimate of drug-likeness (QED) is 0.298. The van der Waals surface area contributed by atoms with Crippen molar-refractivity contribution >= 4 is 27.5 Å². The Morgan fingerprint density at radius 1 is 0.837 bits per heavy atom. The second-order valence-corrected chi connectivity index (χ2v) is 14.5. The van der Waals surface area contributed by atoms with E-state index in [0.717, 1.165) is 59.4 Å². The summed E-state index contributed by atoms with van der Waals surface area (Å²) in [5.74, 6) is -0.644. The molecule has 0 unspecified atom stereocenters. The van der Waals surface area contributed by atoms with E-state index in [2.05, 4.69) is 26.1 Å². The van der Waals surface area contributed by atoms with E-state index in [9.17, 15) is 18.0 Å². The smallest absolute Gasteiger partial charge is 0.244 e. The third-order valence-corrected chi connectivity index (χ3v) is 9.26. The van der Waals surface area contributed by atoms with Crippen molar-refractivity contribution in [3.05, 3.63) is 102 Å². The van der Waals surface area contributed by atoms with Crippen molar-refractivity contribution < 1.29 is 18.0 Å². The maximum absolute atomic E-state index is 14.3. The molecule has 8 heteroatoms. The summed E-state index contributed by atoms with van der Waals surface area (Å²) in [6, 6.07) is 25.7. The van der Waals surface area contributed by atoms with Gasteiger partial charge >= 0.3 is 0 Å². The van der Waals surface area contributed by atoms with Crippen LogP contribution in [0.5, 0.6) is 0 Å². The van der Waals surface area contributed by atoms with Crippen LogP contribution in [0.1, 0.15) is 69.6 Å². The molecule has 43 heavy (non-hydrogen) atoms. The van der Waals surface area contributed by atoms with E-state index in [1.165, 1.54) is 0 Å². The Morgan fingerprint density at radius 3 is 1.93 bits per heavy atom. The van der Waals surface area contributed by atoms with Crippen LogP contribution in [0.4, 0.5) is 5.69 Å². The van der Waals surface area contributed by atoms with Gasteiger partial charge in [-0.3, -0.25) is 13.9 Å². The summed E-state index contributed by atoms with van der Waals surface area (Å²) < 4.78 is 27.3. The fourth-order valence-electron chi connectivity index (χ4n) is 5.62. The Balaban J connectivity index is 1.70. The van der Waals surface area contributed by atoms with Crippen LogP contribution < -0.4 is 9.62 Å². The Morgan fingerprint density at radius 2 is 1.40 bits per heavy atom. The maximum atomic E-state index is 14.3. The van der Waals surface area contributed by atoms with Crippen LogP contribution in [-0.2, 0) is 38.0 Å². The molecule has 0 saturated heterocycles. The molecule has 1 saturated carbocycles. The number of carbonyl (C=O) groups excluding carboxylic acids is 2. The molecule has 4 rings (SSSR count). The molecule has 230 valence electrons. The van der Waals surface area contributed by atoms with E-state index < -0.39 is 28.5 Å². The summed E-state index contributed by atoms with van der Waals surface area (Å²) in [5, 5.41) is 3.23. The average molecular weight is 604 g/mol. The Kier molecular flexibility index (Phi) is 10.7. The van der Waals surface area contributed by atoms with E-state index in [0.29, 0.717) is 12.1 Å². The van der Waals surface area contributed by atoms with E-state index >= 15 is 0 Å². The van der Waals surface area contributed by atoms with Crippen molar-refractivity contribution in [1.29, 1.82) is 0 Å². The fourth-order valence-corrected chi connectivity index (χ4v) is 6.47. The van der Waals surface area contributed by atoms with Crippen molar-refractivity contribution in [3.8, 4) is 0 Å². The molecule has 1 aliphatic rings. The third-order valence-electron chi connectivity index (χ3n) is 8.12. The topological polar surface area (TPSA) is 86.8 Å². The molecule has 7 nitrogen and oxygen atoms in total. The van der Waals surface area contributed by atoms with Gasteiger partial charge in [-0.15, -0.1) is 0 Å². The highest BCUT2D eigenvalue weighted by atomic mass is 32.2. The first-order chi connectivity index (χ1) is 20.4. The zero-order valence-corrected chi connectivity index (χ0v) is 26.6. The summed E-state index contributed by atoms with van der Waals surface area (Å²) in [6.07, 6.45) is 6.56. The number of benzene rings is 3. The van der Waals surface area contributed by atoms with Gasteiger partial charge in [0.15, 0.2) is 0 Å². The molecule has 0 bridgehead atoms. The second-order valence-electron chi connectivity index (χ2n) is 12.6. The molecule has 3 aromatic carbocycles. The van der Waals surface area contributed by atoms with Crippen LogP contribution >= 0.6 is 0 Å². The van der Waals surface area contributed by atoms with Crippen LogP contribution in [0.15, 0.2) is 84.9 Å². The summed E-state index contributed by atoms with van der Waals surface area (Å²) >= 11 is 0. The van der Waals surface area contributed by atoms with Crippen LogP contribution in [-0.4, -0.2) is 50.0 Å². The zero-order valence-electron chi connectivity index (χ0n) is 25.8. The Hall–Kier alpha value is -3.65. The molecule has 2 amide bonds. The molecule has 0 radical (unpaired) electrons. The van der Waals surface area contributed by atoms with E-state index in [1.54, 1.807) is 17.0 Å². The fraction of sp³-hybridized carbons (Fsp3) is 0.429. The van der Waals surface area contributed by atoms with Crippen molar-refractivity contribution in [3.63, 3.8) is 0 Å². The standard InChI is InChI=1S/C35H45N3O4S/c1-35(2,3)29-20-22-31(23-21-29)38(43(4,41)42)26-33(39)37(25-28-16-10-6-11-17-28)32(24-27-14-8-5-9-15-27)34(40)36-30-18-12-7-13-19-30/h5-6,8-11,14-17,20-23,30,32H,7,12-13,18-19,24-26H2,1-4H3,(H,36,40)/t32-/m1/s1. The van der Waals surface area contributed by atoms with Crippen LogP contribution in [0.3, 0.4) is 0 Å². The Bertz CT molecular complexity index is 1450. The first kappa shape index (κ1) is 32.3. The van der Waals surface area contributed by atoms with E-state index in [4.69, 9.17) is 0 Å². The minimum atomic E-state index is -3.81. The third kappa shape index (κ3) is 9.17. The summed E-state index contributed by atoms with van der Waals surface area (Å²) in [7, 11) is -3.81. The molecule has 1 fully saturated rings. The van der Waals surface area contributed by atoms with Gasteiger partial charge in [0.2, 0.25) is 21.8 Å². The molecule has 1 aliphatic carbocycles. The highest BCUT2D eigenvalue weighted by molar-refractivity contribution is 7.92. The molecule has 0 heterocycles. The lowest BCUT2D eigenvalue weighted by Crippen LogP contribution is -2.55.